The van der Waals surface area contributed by atoms with E-state index in [9.17, 15) is 5.11 Å². The van der Waals surface area contributed by atoms with Crippen LogP contribution in [0.25, 0.3) is 0 Å². The molecule has 1 aromatic carbocycles. The van der Waals surface area contributed by atoms with E-state index < -0.39 is 6.29 Å². The summed E-state index contributed by atoms with van der Waals surface area (Å²) in [4.78, 5) is 0. The molecule has 0 aliphatic heterocycles. The highest BCUT2D eigenvalue weighted by atomic mass is 16.6. The quantitative estimate of drug-likeness (QED) is 0.503. The minimum absolute atomic E-state index is 0.440. The molecule has 0 spiro atoms. The molecule has 0 radical (unpaired) electrons. The van der Waals surface area contributed by atoms with E-state index in [4.69, 9.17) is 14.2 Å². The van der Waals surface area contributed by atoms with Crippen LogP contribution >= 0.6 is 0 Å². The van der Waals surface area contributed by atoms with Crippen molar-refractivity contribution >= 4 is 0 Å². The van der Waals surface area contributed by atoms with Crippen LogP contribution in [-0.4, -0.2) is 31.2 Å². The molecule has 1 aromatic rings. The van der Waals surface area contributed by atoms with Crippen molar-refractivity contribution in [2.75, 3.05) is 19.8 Å². The molecule has 122 valence electrons. The molecule has 1 rings (SSSR count). The molecule has 22 heavy (non-hydrogen) atoms. The fourth-order valence-electron chi connectivity index (χ4n) is 2.15. The largest absolute Gasteiger partial charge is 0.489 e. The van der Waals surface area contributed by atoms with Gasteiger partial charge in [-0.15, -0.1) is 0 Å². The lowest BCUT2D eigenvalue weighted by atomic mass is 10.0. The first-order chi connectivity index (χ1) is 10.6. The van der Waals surface area contributed by atoms with Crippen LogP contribution < -0.4 is 9.47 Å². The van der Waals surface area contributed by atoms with E-state index in [0.29, 0.717) is 26.2 Å². The smallest absolute Gasteiger partial charge is 0.151 e. The summed E-state index contributed by atoms with van der Waals surface area (Å²) in [5.74, 6) is 1.54. The fraction of sp³-hybridized carbons (Fsp3) is 0.444. The van der Waals surface area contributed by atoms with E-state index >= 15 is 0 Å². The lowest BCUT2D eigenvalue weighted by molar-refractivity contribution is -0.0838. The van der Waals surface area contributed by atoms with Gasteiger partial charge in [0.05, 0.1) is 6.61 Å². The van der Waals surface area contributed by atoms with E-state index in [1.54, 1.807) is 19.1 Å². The van der Waals surface area contributed by atoms with Crippen LogP contribution in [0.1, 0.15) is 25.0 Å². The van der Waals surface area contributed by atoms with Crippen LogP contribution in [0.4, 0.5) is 0 Å². The molecule has 0 saturated carbocycles. The van der Waals surface area contributed by atoms with E-state index in [2.05, 4.69) is 20.1 Å². The molecule has 0 bridgehead atoms. The van der Waals surface area contributed by atoms with E-state index in [1.165, 1.54) is 0 Å². The summed E-state index contributed by atoms with van der Waals surface area (Å²) < 4.78 is 16.6. The first-order valence-electron chi connectivity index (χ1n) is 7.55. The molecule has 4 nitrogen and oxygen atoms in total. The van der Waals surface area contributed by atoms with E-state index in [0.717, 1.165) is 29.0 Å². The van der Waals surface area contributed by atoms with Crippen LogP contribution in [0.3, 0.4) is 0 Å². The normalized spacial score (nSPS) is 11.8. The number of rotatable bonds is 11. The number of aliphatic hydroxyl groups is 1. The summed E-state index contributed by atoms with van der Waals surface area (Å²) in [7, 11) is 0. The Balaban J connectivity index is 3.01. The predicted molar refractivity (Wildman–Crippen MR) is 88.5 cm³/mol. The number of aliphatic hydroxyl groups excluding tert-OH is 1. The number of benzene rings is 1. The standard InChI is InChI=1S/C18H26O4/c1-5-9-21-16-12-15(8-11-20-14(4)19)17(7-3)18(13-16)22-10-6-2/h5-6,12-14,19H,1-2,7-11H2,3-4H3. The molecule has 1 unspecified atom stereocenters. The topological polar surface area (TPSA) is 47.9 Å². The van der Waals surface area contributed by atoms with Crippen LogP contribution in [0, 0.1) is 0 Å². The minimum atomic E-state index is -0.762. The fourth-order valence-corrected chi connectivity index (χ4v) is 2.15. The van der Waals surface area contributed by atoms with Crippen LogP contribution in [0.15, 0.2) is 37.4 Å². The Morgan fingerprint density at radius 3 is 2.45 bits per heavy atom. The summed E-state index contributed by atoms with van der Waals surface area (Å²) in [5.41, 5.74) is 2.23. The SMILES string of the molecule is C=CCOc1cc(CCOC(C)O)c(CC)c(OCC=C)c1. The highest BCUT2D eigenvalue weighted by molar-refractivity contribution is 5.47. The number of hydrogen-bond acceptors (Lipinski definition) is 4. The van der Waals surface area contributed by atoms with Crippen molar-refractivity contribution in [3.05, 3.63) is 48.6 Å². The van der Waals surface area contributed by atoms with E-state index in [1.807, 2.05) is 12.1 Å². The van der Waals surface area contributed by atoms with Crippen molar-refractivity contribution in [2.45, 2.75) is 33.0 Å². The van der Waals surface area contributed by atoms with Gasteiger partial charge in [-0.1, -0.05) is 32.2 Å². The summed E-state index contributed by atoms with van der Waals surface area (Å²) in [6.07, 6.45) is 4.19. The molecule has 0 fully saturated rings. The zero-order chi connectivity index (χ0) is 16.4. The zero-order valence-corrected chi connectivity index (χ0v) is 13.5. The van der Waals surface area contributed by atoms with Crippen molar-refractivity contribution in [2.24, 2.45) is 0 Å². The van der Waals surface area contributed by atoms with Crippen LogP contribution in [0.5, 0.6) is 11.5 Å². The van der Waals surface area contributed by atoms with Crippen molar-refractivity contribution in [3.63, 3.8) is 0 Å². The minimum Gasteiger partial charge on any atom is -0.489 e. The molecule has 1 atom stereocenters. The van der Waals surface area contributed by atoms with Gasteiger partial charge in [-0.05, 0) is 37.0 Å². The van der Waals surface area contributed by atoms with Gasteiger partial charge in [-0.25, -0.2) is 0 Å². The van der Waals surface area contributed by atoms with Gasteiger partial charge < -0.3 is 19.3 Å². The molecule has 0 aliphatic carbocycles. The predicted octanol–water partition coefficient (Wildman–Crippen LogP) is 3.28. The summed E-state index contributed by atoms with van der Waals surface area (Å²) in [6, 6.07) is 3.89. The third-order valence-corrected chi connectivity index (χ3v) is 3.08. The first-order valence-corrected chi connectivity index (χ1v) is 7.55. The maximum Gasteiger partial charge on any atom is 0.151 e. The van der Waals surface area contributed by atoms with Gasteiger partial charge in [0.2, 0.25) is 0 Å². The van der Waals surface area contributed by atoms with Gasteiger partial charge in [-0.3, -0.25) is 0 Å². The monoisotopic (exact) mass is 306 g/mol. The molecular weight excluding hydrogens is 280 g/mol. The Bertz CT molecular complexity index is 480. The second kappa shape index (κ2) is 10.0. The number of ether oxygens (including phenoxy) is 3. The third-order valence-electron chi connectivity index (χ3n) is 3.08. The van der Waals surface area contributed by atoms with Gasteiger partial charge in [0, 0.05) is 6.07 Å². The maximum atomic E-state index is 9.20. The highest BCUT2D eigenvalue weighted by Gasteiger charge is 2.12. The van der Waals surface area contributed by atoms with Crippen LogP contribution in [-0.2, 0) is 17.6 Å². The van der Waals surface area contributed by atoms with Gasteiger partial charge in [0.25, 0.3) is 0 Å². The molecule has 0 heterocycles. The molecule has 0 aliphatic rings. The van der Waals surface area contributed by atoms with Gasteiger partial charge in [0.15, 0.2) is 6.29 Å². The lowest BCUT2D eigenvalue weighted by Gasteiger charge is -2.17. The Morgan fingerprint density at radius 1 is 1.18 bits per heavy atom. The molecule has 4 heteroatoms. The second-order valence-corrected chi connectivity index (χ2v) is 4.83. The van der Waals surface area contributed by atoms with E-state index in [-0.39, 0.29) is 0 Å². The van der Waals surface area contributed by atoms with Crippen molar-refractivity contribution in [3.8, 4) is 11.5 Å². The van der Waals surface area contributed by atoms with Gasteiger partial charge >= 0.3 is 0 Å². The molecule has 1 N–H and O–H groups in total. The summed E-state index contributed by atoms with van der Waals surface area (Å²) in [6.45, 7) is 12.3. The summed E-state index contributed by atoms with van der Waals surface area (Å²) in [5, 5.41) is 9.20. The average molecular weight is 306 g/mol. The van der Waals surface area contributed by atoms with Crippen LogP contribution in [0.2, 0.25) is 0 Å². The maximum absolute atomic E-state index is 9.20. The van der Waals surface area contributed by atoms with Gasteiger partial charge in [-0.2, -0.15) is 0 Å². The Hall–Kier alpha value is -1.78. The van der Waals surface area contributed by atoms with Crippen molar-refractivity contribution in [1.29, 1.82) is 0 Å². The molecule has 0 amide bonds. The lowest BCUT2D eigenvalue weighted by Crippen LogP contribution is -2.11. The Labute approximate surface area is 133 Å². The second-order valence-electron chi connectivity index (χ2n) is 4.83. The Kier molecular flexibility index (Phi) is 8.33. The summed E-state index contributed by atoms with van der Waals surface area (Å²) >= 11 is 0. The molecular formula is C18H26O4. The van der Waals surface area contributed by atoms with Gasteiger partial charge in [0.1, 0.15) is 24.7 Å². The highest BCUT2D eigenvalue weighted by Crippen LogP contribution is 2.30. The third kappa shape index (κ3) is 5.92. The van der Waals surface area contributed by atoms with Crippen molar-refractivity contribution < 1.29 is 19.3 Å². The first kappa shape index (κ1) is 18.3. The molecule has 0 saturated heterocycles. The zero-order valence-electron chi connectivity index (χ0n) is 13.5. The average Bonchev–Trinajstić information content (AvgIpc) is 2.50. The number of hydrogen-bond donors (Lipinski definition) is 1. The molecule has 0 aromatic heterocycles. The van der Waals surface area contributed by atoms with Crippen molar-refractivity contribution in [1.82, 2.24) is 0 Å². The Morgan fingerprint density at radius 2 is 1.86 bits per heavy atom.